The zero-order valence-electron chi connectivity index (χ0n) is 11.4. The molecule has 0 bridgehead atoms. The maximum atomic E-state index is 13.2. The van der Waals surface area contributed by atoms with Gasteiger partial charge in [0.2, 0.25) is 0 Å². The molecule has 21 heavy (non-hydrogen) atoms. The monoisotopic (exact) mass is 307 g/mol. The zero-order valence-corrected chi connectivity index (χ0v) is 12.2. The quantitative estimate of drug-likeness (QED) is 0.803. The Labute approximate surface area is 121 Å². The Hall–Kier alpha value is -2.15. The van der Waals surface area contributed by atoms with Crippen LogP contribution in [0.4, 0.5) is 4.39 Å². The molecule has 2 heterocycles. The molecule has 0 saturated heterocycles. The number of aromatic nitrogens is 3. The Morgan fingerprint density at radius 2 is 2.19 bits per heavy atom. The third kappa shape index (κ3) is 2.97. The SMILES string of the molecule is CS(=O)(=O)CCn1cc(-c2c[nH]c3cc(F)ccc23)cn1. The minimum Gasteiger partial charge on any atom is -0.360 e. The topological polar surface area (TPSA) is 67.8 Å². The molecule has 0 fully saturated rings. The van der Waals surface area contributed by atoms with E-state index < -0.39 is 9.84 Å². The van der Waals surface area contributed by atoms with Crippen LogP contribution >= 0.6 is 0 Å². The lowest BCUT2D eigenvalue weighted by atomic mass is 10.1. The fourth-order valence-electron chi connectivity index (χ4n) is 2.22. The molecule has 0 radical (unpaired) electrons. The first-order valence-corrected chi connectivity index (χ1v) is 8.46. The molecule has 0 aliphatic heterocycles. The molecule has 1 N–H and O–H groups in total. The van der Waals surface area contributed by atoms with Crippen molar-refractivity contribution in [2.24, 2.45) is 0 Å². The highest BCUT2D eigenvalue weighted by Gasteiger charge is 2.10. The average Bonchev–Trinajstić information content (AvgIpc) is 3.00. The Kier molecular flexibility index (Phi) is 3.29. The number of benzene rings is 1. The lowest BCUT2D eigenvalue weighted by Crippen LogP contribution is -2.11. The number of fused-ring (bicyclic) bond motifs is 1. The first kappa shape index (κ1) is 13.8. The van der Waals surface area contributed by atoms with E-state index in [1.807, 2.05) is 0 Å². The van der Waals surface area contributed by atoms with Gasteiger partial charge in [0.05, 0.1) is 18.5 Å². The van der Waals surface area contributed by atoms with Gasteiger partial charge in [-0.1, -0.05) is 0 Å². The van der Waals surface area contributed by atoms with E-state index in [1.165, 1.54) is 18.4 Å². The van der Waals surface area contributed by atoms with Crippen LogP contribution in [-0.4, -0.2) is 35.2 Å². The highest BCUT2D eigenvalue weighted by atomic mass is 32.2. The van der Waals surface area contributed by atoms with Gasteiger partial charge in [0.1, 0.15) is 15.7 Å². The van der Waals surface area contributed by atoms with Crippen LogP contribution < -0.4 is 0 Å². The second-order valence-corrected chi connectivity index (χ2v) is 7.27. The van der Waals surface area contributed by atoms with Crippen LogP contribution in [0.1, 0.15) is 0 Å². The van der Waals surface area contributed by atoms with Gasteiger partial charge in [0.15, 0.2) is 0 Å². The van der Waals surface area contributed by atoms with Gasteiger partial charge in [-0.3, -0.25) is 4.68 Å². The van der Waals surface area contributed by atoms with E-state index in [9.17, 15) is 12.8 Å². The van der Waals surface area contributed by atoms with Gasteiger partial charge in [0.25, 0.3) is 0 Å². The summed E-state index contributed by atoms with van der Waals surface area (Å²) in [6.45, 7) is 0.315. The molecule has 5 nitrogen and oxygen atoms in total. The fourth-order valence-corrected chi connectivity index (χ4v) is 2.74. The first-order valence-electron chi connectivity index (χ1n) is 6.39. The van der Waals surface area contributed by atoms with E-state index in [2.05, 4.69) is 10.1 Å². The first-order chi connectivity index (χ1) is 9.92. The third-order valence-corrected chi connectivity index (χ3v) is 4.20. The number of hydrogen-bond donors (Lipinski definition) is 1. The molecule has 0 saturated carbocycles. The summed E-state index contributed by atoms with van der Waals surface area (Å²) in [7, 11) is -3.01. The summed E-state index contributed by atoms with van der Waals surface area (Å²) in [4.78, 5) is 3.02. The van der Waals surface area contributed by atoms with Gasteiger partial charge in [-0.2, -0.15) is 5.10 Å². The number of aryl methyl sites for hydroxylation is 1. The highest BCUT2D eigenvalue weighted by molar-refractivity contribution is 7.90. The van der Waals surface area contributed by atoms with Crippen molar-refractivity contribution in [1.29, 1.82) is 0 Å². The number of nitrogens with one attached hydrogen (secondary N) is 1. The summed E-state index contributed by atoms with van der Waals surface area (Å²) in [5.41, 5.74) is 2.49. The predicted octanol–water partition coefficient (Wildman–Crippen LogP) is 2.22. The Bertz CT molecular complexity index is 896. The molecule has 3 rings (SSSR count). The summed E-state index contributed by atoms with van der Waals surface area (Å²) in [5, 5.41) is 5.07. The smallest absolute Gasteiger partial charge is 0.149 e. The van der Waals surface area contributed by atoms with Crippen molar-refractivity contribution >= 4 is 20.7 Å². The summed E-state index contributed by atoms with van der Waals surface area (Å²) in [6, 6.07) is 4.56. The minimum atomic E-state index is -3.01. The molecule has 1 aromatic carbocycles. The van der Waals surface area contributed by atoms with Gasteiger partial charge in [0, 0.05) is 40.7 Å². The molecule has 2 aromatic heterocycles. The summed E-state index contributed by atoms with van der Waals surface area (Å²) in [5.74, 6) is -0.243. The molecule has 0 unspecified atom stereocenters. The second-order valence-electron chi connectivity index (χ2n) is 5.01. The van der Waals surface area contributed by atoms with Crippen molar-refractivity contribution in [3.8, 4) is 11.1 Å². The minimum absolute atomic E-state index is 0.0488. The Balaban J connectivity index is 1.91. The molecule has 3 aromatic rings. The number of rotatable bonds is 4. The summed E-state index contributed by atoms with van der Waals surface area (Å²) < 4.78 is 37.1. The zero-order chi connectivity index (χ0) is 15.0. The molecule has 0 amide bonds. The van der Waals surface area contributed by atoms with Crippen LogP contribution in [-0.2, 0) is 16.4 Å². The number of aromatic amines is 1. The third-order valence-electron chi connectivity index (χ3n) is 3.28. The van der Waals surface area contributed by atoms with Gasteiger partial charge < -0.3 is 4.98 Å². The molecule has 7 heteroatoms. The van der Waals surface area contributed by atoms with E-state index in [4.69, 9.17) is 0 Å². The van der Waals surface area contributed by atoms with Crippen LogP contribution in [0.2, 0.25) is 0 Å². The lowest BCUT2D eigenvalue weighted by Gasteiger charge is -1.99. The van der Waals surface area contributed by atoms with Crippen molar-refractivity contribution in [3.63, 3.8) is 0 Å². The summed E-state index contributed by atoms with van der Waals surface area (Å²) in [6.07, 6.45) is 6.46. The summed E-state index contributed by atoms with van der Waals surface area (Å²) >= 11 is 0. The van der Waals surface area contributed by atoms with Crippen LogP contribution in [0.25, 0.3) is 22.0 Å². The maximum absolute atomic E-state index is 13.2. The van der Waals surface area contributed by atoms with Crippen molar-refractivity contribution in [1.82, 2.24) is 14.8 Å². The molecule has 0 aliphatic carbocycles. The van der Waals surface area contributed by atoms with E-state index >= 15 is 0 Å². The van der Waals surface area contributed by atoms with E-state index in [0.29, 0.717) is 12.1 Å². The van der Waals surface area contributed by atoms with Crippen molar-refractivity contribution in [2.45, 2.75) is 6.54 Å². The van der Waals surface area contributed by atoms with Crippen LogP contribution in [0, 0.1) is 5.82 Å². The molecule has 0 atom stereocenters. The molecular weight excluding hydrogens is 293 g/mol. The second kappa shape index (κ2) is 5.00. The van der Waals surface area contributed by atoms with Gasteiger partial charge >= 0.3 is 0 Å². The number of sulfone groups is 1. The Morgan fingerprint density at radius 3 is 2.95 bits per heavy atom. The fraction of sp³-hybridized carbons (Fsp3) is 0.214. The van der Waals surface area contributed by atoms with Crippen LogP contribution in [0.15, 0.2) is 36.8 Å². The van der Waals surface area contributed by atoms with E-state index in [0.717, 1.165) is 16.5 Å². The number of H-pyrrole nitrogens is 1. The van der Waals surface area contributed by atoms with Gasteiger partial charge in [-0.25, -0.2) is 12.8 Å². The molecule has 0 spiro atoms. The van der Waals surface area contributed by atoms with Gasteiger partial charge in [-0.15, -0.1) is 0 Å². The largest absolute Gasteiger partial charge is 0.360 e. The van der Waals surface area contributed by atoms with Crippen molar-refractivity contribution < 1.29 is 12.8 Å². The number of halogens is 1. The van der Waals surface area contributed by atoms with Gasteiger partial charge in [-0.05, 0) is 18.2 Å². The standard InChI is InChI=1S/C14H14FN3O2S/c1-21(19,20)5-4-18-9-10(7-17-18)13-8-16-14-6-11(15)2-3-12(13)14/h2-3,6-9,16H,4-5H2,1H3. The normalized spacial score (nSPS) is 12.1. The molecule has 110 valence electrons. The van der Waals surface area contributed by atoms with E-state index in [-0.39, 0.29) is 11.6 Å². The predicted molar refractivity (Wildman–Crippen MR) is 79.2 cm³/mol. The van der Waals surface area contributed by atoms with Crippen LogP contribution in [0.5, 0.6) is 0 Å². The Morgan fingerprint density at radius 1 is 1.38 bits per heavy atom. The van der Waals surface area contributed by atoms with Crippen molar-refractivity contribution in [3.05, 3.63) is 42.6 Å². The van der Waals surface area contributed by atoms with E-state index in [1.54, 1.807) is 29.3 Å². The maximum Gasteiger partial charge on any atom is 0.149 e. The van der Waals surface area contributed by atoms with Crippen molar-refractivity contribution in [2.75, 3.05) is 12.0 Å². The molecule has 0 aliphatic rings. The lowest BCUT2D eigenvalue weighted by molar-refractivity contribution is 0.586. The van der Waals surface area contributed by atoms with Crippen LogP contribution in [0.3, 0.4) is 0 Å². The average molecular weight is 307 g/mol. The number of hydrogen-bond acceptors (Lipinski definition) is 3. The highest BCUT2D eigenvalue weighted by Crippen LogP contribution is 2.28. The molecular formula is C14H14FN3O2S. The number of nitrogens with zero attached hydrogens (tertiary/aromatic N) is 2.